The van der Waals surface area contributed by atoms with E-state index in [9.17, 15) is 9.59 Å². The molecule has 19 heavy (non-hydrogen) atoms. The zero-order valence-corrected chi connectivity index (χ0v) is 11.9. The second-order valence-electron chi connectivity index (χ2n) is 4.85. The number of carbonyl (C=O) groups excluding carboxylic acids is 2. The van der Waals surface area contributed by atoms with Crippen molar-refractivity contribution >= 4 is 33.3 Å². The smallest absolute Gasteiger partial charge is 0.269 e. The summed E-state index contributed by atoms with van der Waals surface area (Å²) in [7, 11) is 0. The highest BCUT2D eigenvalue weighted by Crippen LogP contribution is 2.47. The van der Waals surface area contributed by atoms with Gasteiger partial charge in [-0.25, -0.2) is 0 Å². The monoisotopic (exact) mass is 328 g/mol. The number of epoxide rings is 1. The van der Waals surface area contributed by atoms with E-state index < -0.39 is 11.7 Å². The molecular weight excluding hydrogens is 316 g/mol. The van der Waals surface area contributed by atoms with Gasteiger partial charge in [0.25, 0.3) is 5.91 Å². The van der Waals surface area contributed by atoms with E-state index in [1.807, 2.05) is 6.92 Å². The normalized spacial score (nSPS) is 35.4. The van der Waals surface area contributed by atoms with Crippen molar-refractivity contribution < 1.29 is 19.2 Å². The highest BCUT2D eigenvalue weighted by molar-refractivity contribution is 9.12. The summed E-state index contributed by atoms with van der Waals surface area (Å²) in [6, 6.07) is 0. The zero-order valence-electron chi connectivity index (χ0n) is 10.3. The van der Waals surface area contributed by atoms with Crippen LogP contribution in [0.25, 0.3) is 0 Å². The number of halogens is 1. The SMILES string of the molecule is CCCNC(=O)C1=NO[C@]2(C=C(Br)C(=O)[C@@H]3O[C@@H]32)C1. The number of oxime groups is 1. The summed E-state index contributed by atoms with van der Waals surface area (Å²) in [4.78, 5) is 28.9. The van der Waals surface area contributed by atoms with E-state index in [4.69, 9.17) is 9.57 Å². The summed E-state index contributed by atoms with van der Waals surface area (Å²) in [5, 5.41) is 6.60. The van der Waals surface area contributed by atoms with Crippen LogP contribution in [0.1, 0.15) is 19.8 Å². The molecule has 3 atom stereocenters. The highest BCUT2D eigenvalue weighted by Gasteiger charge is 2.65. The maximum atomic E-state index is 11.8. The molecule has 0 aromatic heterocycles. The molecule has 102 valence electrons. The van der Waals surface area contributed by atoms with E-state index in [0.717, 1.165) is 6.42 Å². The zero-order chi connectivity index (χ0) is 13.6. The first-order valence-corrected chi connectivity index (χ1v) is 6.98. The van der Waals surface area contributed by atoms with Gasteiger partial charge in [-0.15, -0.1) is 0 Å². The first-order valence-electron chi connectivity index (χ1n) is 6.18. The molecule has 1 spiro atoms. The van der Waals surface area contributed by atoms with Crippen molar-refractivity contribution in [2.45, 2.75) is 37.6 Å². The number of amides is 1. The van der Waals surface area contributed by atoms with E-state index in [1.165, 1.54) is 0 Å². The third kappa shape index (κ3) is 2.01. The molecule has 3 rings (SSSR count). The minimum absolute atomic E-state index is 0.0805. The van der Waals surface area contributed by atoms with Gasteiger partial charge in [-0.2, -0.15) is 0 Å². The number of nitrogens with one attached hydrogen (secondary N) is 1. The Hall–Kier alpha value is -1.21. The molecule has 0 unspecified atom stereocenters. The number of rotatable bonds is 3. The number of hydrogen-bond acceptors (Lipinski definition) is 5. The van der Waals surface area contributed by atoms with E-state index in [2.05, 4.69) is 26.4 Å². The van der Waals surface area contributed by atoms with Gasteiger partial charge in [0.05, 0.1) is 4.48 Å². The van der Waals surface area contributed by atoms with Crippen LogP contribution in [0.3, 0.4) is 0 Å². The first kappa shape index (κ1) is 12.8. The second-order valence-corrected chi connectivity index (χ2v) is 5.71. The summed E-state index contributed by atoms with van der Waals surface area (Å²) in [6.07, 6.45) is 2.05. The maximum Gasteiger partial charge on any atom is 0.269 e. The van der Waals surface area contributed by atoms with Crippen molar-refractivity contribution in [3.63, 3.8) is 0 Å². The molecule has 1 saturated heterocycles. The van der Waals surface area contributed by atoms with E-state index >= 15 is 0 Å². The lowest BCUT2D eigenvalue weighted by Gasteiger charge is -2.23. The third-order valence-corrected chi connectivity index (χ3v) is 4.02. The molecule has 0 radical (unpaired) electrons. The van der Waals surface area contributed by atoms with Gasteiger partial charge in [0.1, 0.15) is 11.8 Å². The minimum atomic E-state index is -0.809. The van der Waals surface area contributed by atoms with Gasteiger partial charge >= 0.3 is 0 Å². The Morgan fingerprint density at radius 2 is 2.47 bits per heavy atom. The van der Waals surface area contributed by atoms with Crippen LogP contribution in [0.15, 0.2) is 15.7 Å². The number of nitrogens with zero attached hydrogens (tertiary/aromatic N) is 1. The first-order chi connectivity index (χ1) is 9.07. The average molecular weight is 329 g/mol. The Kier molecular flexibility index (Phi) is 2.98. The lowest BCUT2D eigenvalue weighted by molar-refractivity contribution is -0.116. The van der Waals surface area contributed by atoms with Gasteiger partial charge < -0.3 is 14.9 Å². The van der Waals surface area contributed by atoms with Crippen LogP contribution in [0.5, 0.6) is 0 Å². The van der Waals surface area contributed by atoms with Crippen molar-refractivity contribution in [3.05, 3.63) is 10.6 Å². The molecule has 3 aliphatic rings. The molecule has 1 fully saturated rings. The van der Waals surface area contributed by atoms with Crippen LogP contribution in [-0.4, -0.2) is 41.8 Å². The summed E-state index contributed by atoms with van der Waals surface area (Å²) < 4.78 is 5.77. The lowest BCUT2D eigenvalue weighted by Crippen LogP contribution is -2.41. The molecule has 0 aromatic carbocycles. The lowest BCUT2D eigenvalue weighted by atomic mass is 9.86. The van der Waals surface area contributed by atoms with Crippen molar-refractivity contribution in [3.8, 4) is 0 Å². The molecule has 1 aliphatic carbocycles. The van der Waals surface area contributed by atoms with Gasteiger partial charge in [-0.3, -0.25) is 9.59 Å². The maximum absolute atomic E-state index is 11.8. The minimum Gasteiger partial charge on any atom is -0.381 e. The van der Waals surface area contributed by atoms with E-state index in [-0.39, 0.29) is 17.8 Å². The van der Waals surface area contributed by atoms with Crippen molar-refractivity contribution in [2.24, 2.45) is 5.16 Å². The number of Topliss-reactive ketones (excluding diaryl/α,β-unsaturated/α-hetero) is 1. The molecule has 0 bridgehead atoms. The number of carbonyl (C=O) groups is 2. The van der Waals surface area contributed by atoms with Crippen LogP contribution in [0.4, 0.5) is 0 Å². The van der Waals surface area contributed by atoms with Crippen molar-refractivity contribution in [2.75, 3.05) is 6.54 Å². The van der Waals surface area contributed by atoms with Crippen LogP contribution >= 0.6 is 15.9 Å². The number of ketones is 1. The average Bonchev–Trinajstić information content (AvgIpc) is 3.11. The predicted octanol–water partition coefficient (Wildman–Crippen LogP) is 0.657. The molecule has 2 aliphatic heterocycles. The van der Waals surface area contributed by atoms with Crippen molar-refractivity contribution in [1.29, 1.82) is 0 Å². The van der Waals surface area contributed by atoms with E-state index in [1.54, 1.807) is 6.08 Å². The fraction of sp³-hybridized carbons (Fsp3) is 0.583. The molecule has 0 saturated carbocycles. The van der Waals surface area contributed by atoms with Gasteiger partial charge in [0, 0.05) is 13.0 Å². The highest BCUT2D eigenvalue weighted by atomic mass is 79.9. The second kappa shape index (κ2) is 4.42. The van der Waals surface area contributed by atoms with Crippen LogP contribution in [0.2, 0.25) is 0 Å². The summed E-state index contributed by atoms with van der Waals surface area (Å²) >= 11 is 3.20. The Morgan fingerprint density at radius 1 is 1.68 bits per heavy atom. The quantitative estimate of drug-likeness (QED) is 0.771. The summed E-state index contributed by atoms with van der Waals surface area (Å²) in [5.41, 5.74) is -0.468. The topological polar surface area (TPSA) is 80.3 Å². The Labute approximate surface area is 118 Å². The van der Waals surface area contributed by atoms with E-state index in [0.29, 0.717) is 23.2 Å². The van der Waals surface area contributed by atoms with Gasteiger partial charge in [0.2, 0.25) is 5.78 Å². The third-order valence-electron chi connectivity index (χ3n) is 3.41. The fourth-order valence-electron chi connectivity index (χ4n) is 2.35. The largest absolute Gasteiger partial charge is 0.381 e. The predicted molar refractivity (Wildman–Crippen MR) is 69.8 cm³/mol. The molecule has 1 N–H and O–H groups in total. The molecule has 2 heterocycles. The molecule has 0 aromatic rings. The molecular formula is C12H13BrN2O4. The Bertz CT molecular complexity index is 516. The Balaban J connectivity index is 1.74. The summed E-state index contributed by atoms with van der Waals surface area (Å²) in [5.74, 6) is -0.305. The van der Waals surface area contributed by atoms with Gasteiger partial charge in [-0.05, 0) is 28.4 Å². The molecule has 7 heteroatoms. The van der Waals surface area contributed by atoms with Gasteiger partial charge in [0.15, 0.2) is 11.7 Å². The fourth-order valence-corrected chi connectivity index (χ4v) is 2.96. The van der Waals surface area contributed by atoms with Crippen LogP contribution in [0, 0.1) is 0 Å². The van der Waals surface area contributed by atoms with Crippen molar-refractivity contribution in [1.82, 2.24) is 5.32 Å². The standard InChI is InChI=1S/C12H13BrN2O4/c1-2-3-14-11(17)7-5-12(19-15-7)4-6(13)8(16)9-10(12)18-9/h4,9-10H,2-3,5H2,1H3,(H,14,17)/t9-,10-,12+/m0/s1. The molecule has 1 amide bonds. The van der Waals surface area contributed by atoms with Gasteiger partial charge in [-0.1, -0.05) is 12.1 Å². The van der Waals surface area contributed by atoms with Crippen LogP contribution < -0.4 is 5.32 Å². The van der Waals surface area contributed by atoms with Crippen LogP contribution in [-0.2, 0) is 19.2 Å². The number of fused-ring (bicyclic) bond motifs is 2. The summed E-state index contributed by atoms with van der Waals surface area (Å²) in [6.45, 7) is 2.58. The Morgan fingerprint density at radius 3 is 3.21 bits per heavy atom. The number of hydrogen-bond donors (Lipinski definition) is 1. The molecule has 6 nitrogen and oxygen atoms in total. The number of ether oxygens (including phenoxy) is 1.